The second kappa shape index (κ2) is 10.7. The van der Waals surface area contributed by atoms with Gasteiger partial charge in [-0.2, -0.15) is 5.26 Å². The standard InChI is InChI=1S/C25H32N8O2/c1-19-18-27-24(30-25(19,2)29-22-4-3-10-33(11-9-26)23(22)35)28-20-5-7-21(8-6-20)32-14-12-31(13-15-32)16-17-34/h3-8,10,18-19,29,34H,11-17H2,1-2H3,(H,28,30). The van der Waals surface area contributed by atoms with Gasteiger partial charge in [0.1, 0.15) is 17.9 Å². The zero-order valence-electron chi connectivity index (χ0n) is 20.2. The minimum Gasteiger partial charge on any atom is -0.395 e. The maximum absolute atomic E-state index is 12.7. The van der Waals surface area contributed by atoms with Gasteiger partial charge < -0.3 is 20.6 Å². The third-order valence-electron chi connectivity index (χ3n) is 6.57. The molecule has 3 N–H and O–H groups in total. The van der Waals surface area contributed by atoms with Crippen LogP contribution in [0.1, 0.15) is 13.8 Å². The van der Waals surface area contributed by atoms with E-state index in [1.807, 2.05) is 38.3 Å². The lowest BCUT2D eigenvalue weighted by Gasteiger charge is -2.36. The summed E-state index contributed by atoms with van der Waals surface area (Å²) in [6.07, 6.45) is 3.42. The minimum absolute atomic E-state index is 0.00745. The summed E-state index contributed by atoms with van der Waals surface area (Å²) < 4.78 is 1.37. The number of hydrogen-bond donors (Lipinski definition) is 3. The number of β-amino-alcohol motifs (C(OH)–C–C–N with tert-alkyl or cyclic N) is 1. The van der Waals surface area contributed by atoms with Gasteiger partial charge in [-0.05, 0) is 43.3 Å². The van der Waals surface area contributed by atoms with Crippen molar-refractivity contribution in [2.24, 2.45) is 15.9 Å². The molecule has 1 fully saturated rings. The van der Waals surface area contributed by atoms with Gasteiger partial charge in [-0.25, -0.2) is 9.98 Å². The first-order valence-corrected chi connectivity index (χ1v) is 11.9. The monoisotopic (exact) mass is 476 g/mol. The van der Waals surface area contributed by atoms with Gasteiger partial charge in [0.25, 0.3) is 5.56 Å². The van der Waals surface area contributed by atoms with Gasteiger partial charge in [0.2, 0.25) is 5.96 Å². The van der Waals surface area contributed by atoms with Crippen LogP contribution in [0, 0.1) is 17.2 Å². The van der Waals surface area contributed by atoms with Crippen LogP contribution in [-0.2, 0) is 6.54 Å². The molecule has 3 heterocycles. The maximum Gasteiger partial charge on any atom is 0.274 e. The normalized spacial score (nSPS) is 22.4. The van der Waals surface area contributed by atoms with Crippen LogP contribution >= 0.6 is 0 Å². The van der Waals surface area contributed by atoms with Crippen molar-refractivity contribution in [3.8, 4) is 6.07 Å². The fourth-order valence-electron chi connectivity index (χ4n) is 4.24. The molecule has 10 heteroatoms. The van der Waals surface area contributed by atoms with E-state index in [-0.39, 0.29) is 24.6 Å². The van der Waals surface area contributed by atoms with E-state index >= 15 is 0 Å². The molecule has 0 radical (unpaired) electrons. The van der Waals surface area contributed by atoms with E-state index in [1.165, 1.54) is 4.57 Å². The predicted molar refractivity (Wildman–Crippen MR) is 139 cm³/mol. The molecule has 0 bridgehead atoms. The first-order valence-electron chi connectivity index (χ1n) is 11.9. The summed E-state index contributed by atoms with van der Waals surface area (Å²) in [5, 5.41) is 24.6. The molecule has 1 saturated heterocycles. The van der Waals surface area contributed by atoms with Crippen molar-refractivity contribution in [3.05, 3.63) is 52.9 Å². The molecule has 2 aliphatic rings. The number of hydrogen-bond acceptors (Lipinski definition) is 9. The lowest BCUT2D eigenvalue weighted by molar-refractivity contribution is 0.189. The van der Waals surface area contributed by atoms with Crippen LogP contribution in [0.3, 0.4) is 0 Å². The smallest absolute Gasteiger partial charge is 0.274 e. The number of anilines is 3. The van der Waals surface area contributed by atoms with Gasteiger partial charge in [0, 0.05) is 62.4 Å². The van der Waals surface area contributed by atoms with E-state index in [9.17, 15) is 4.79 Å². The number of piperazine rings is 1. The summed E-state index contributed by atoms with van der Waals surface area (Å²) in [5.41, 5.74) is 1.37. The Labute approximate surface area is 205 Å². The molecule has 1 aromatic heterocycles. The van der Waals surface area contributed by atoms with Gasteiger partial charge in [0.15, 0.2) is 0 Å². The third kappa shape index (κ3) is 5.70. The van der Waals surface area contributed by atoms with Crippen molar-refractivity contribution in [2.75, 3.05) is 54.9 Å². The Kier molecular flexibility index (Phi) is 7.48. The van der Waals surface area contributed by atoms with Crippen LogP contribution in [0.5, 0.6) is 0 Å². The largest absolute Gasteiger partial charge is 0.395 e. The van der Waals surface area contributed by atoms with E-state index < -0.39 is 5.66 Å². The Morgan fingerprint density at radius 2 is 1.94 bits per heavy atom. The molecule has 4 rings (SSSR count). The summed E-state index contributed by atoms with van der Waals surface area (Å²) in [7, 11) is 0. The second-order valence-corrected chi connectivity index (χ2v) is 9.01. The molecule has 0 saturated carbocycles. The Hall–Kier alpha value is -3.68. The van der Waals surface area contributed by atoms with Crippen molar-refractivity contribution < 1.29 is 5.11 Å². The molecule has 35 heavy (non-hydrogen) atoms. The van der Waals surface area contributed by atoms with E-state index in [4.69, 9.17) is 15.4 Å². The zero-order chi connectivity index (χ0) is 24.8. The van der Waals surface area contributed by atoms with Crippen LogP contribution in [-0.4, -0.2) is 71.7 Å². The summed E-state index contributed by atoms with van der Waals surface area (Å²) >= 11 is 0. The summed E-state index contributed by atoms with van der Waals surface area (Å²) in [4.78, 5) is 26.6. The lowest BCUT2D eigenvalue weighted by atomic mass is 9.96. The first-order chi connectivity index (χ1) is 16.9. The van der Waals surface area contributed by atoms with Crippen LogP contribution in [0.15, 0.2) is 57.4 Å². The van der Waals surface area contributed by atoms with E-state index in [1.54, 1.807) is 18.3 Å². The van der Waals surface area contributed by atoms with Crippen molar-refractivity contribution in [1.82, 2.24) is 9.47 Å². The topological polar surface area (TPSA) is 121 Å². The summed E-state index contributed by atoms with van der Waals surface area (Å²) in [5.74, 6) is 0.390. The average Bonchev–Trinajstić information content (AvgIpc) is 2.85. The highest BCUT2D eigenvalue weighted by atomic mass is 16.3. The molecule has 2 atom stereocenters. The second-order valence-electron chi connectivity index (χ2n) is 9.01. The number of aliphatic hydroxyl groups is 1. The van der Waals surface area contributed by atoms with Crippen molar-refractivity contribution in [1.29, 1.82) is 5.26 Å². The molecule has 0 aliphatic carbocycles. The van der Waals surface area contributed by atoms with Crippen LogP contribution in [0.4, 0.5) is 17.1 Å². The molecule has 2 unspecified atom stereocenters. The van der Waals surface area contributed by atoms with E-state index in [2.05, 4.69) is 37.6 Å². The number of nitrogens with one attached hydrogen (secondary N) is 2. The number of nitrogens with zero attached hydrogens (tertiary/aromatic N) is 6. The summed E-state index contributed by atoms with van der Waals surface area (Å²) in [6, 6.07) is 13.6. The number of rotatable bonds is 7. The predicted octanol–water partition coefficient (Wildman–Crippen LogP) is 1.80. The van der Waals surface area contributed by atoms with Gasteiger partial charge in [0.05, 0.1) is 12.7 Å². The Bertz CT molecular complexity index is 1180. The molecule has 10 nitrogen and oxygen atoms in total. The van der Waals surface area contributed by atoms with Crippen LogP contribution < -0.4 is 21.1 Å². The quantitative estimate of drug-likeness (QED) is 0.557. The molecule has 0 amide bonds. The number of aliphatic hydroxyl groups excluding tert-OH is 1. The van der Waals surface area contributed by atoms with Gasteiger partial charge >= 0.3 is 0 Å². The van der Waals surface area contributed by atoms with E-state index in [0.29, 0.717) is 11.6 Å². The van der Waals surface area contributed by atoms with Crippen molar-refractivity contribution in [3.63, 3.8) is 0 Å². The molecule has 1 aromatic carbocycles. The summed E-state index contributed by atoms with van der Waals surface area (Å²) in [6.45, 7) is 8.58. The van der Waals surface area contributed by atoms with Crippen LogP contribution in [0.2, 0.25) is 0 Å². The van der Waals surface area contributed by atoms with Gasteiger partial charge in [-0.3, -0.25) is 14.3 Å². The molecule has 0 spiro atoms. The SMILES string of the molecule is CC1C=NC(Nc2ccc(N3CCN(CCO)CC3)cc2)=NC1(C)Nc1cccn(CC#N)c1=O. The number of aliphatic imine (C=N–C) groups is 2. The fraction of sp³-hybridized carbons (Fsp3) is 0.440. The minimum atomic E-state index is -0.788. The lowest BCUT2D eigenvalue weighted by Crippen LogP contribution is -2.47. The molecule has 184 valence electrons. The number of benzene rings is 1. The van der Waals surface area contributed by atoms with Crippen LogP contribution in [0.25, 0.3) is 0 Å². The van der Waals surface area contributed by atoms with E-state index in [0.717, 1.165) is 44.1 Å². The molecule has 2 aliphatic heterocycles. The Morgan fingerprint density at radius 3 is 2.63 bits per heavy atom. The van der Waals surface area contributed by atoms with Crippen molar-refractivity contribution >= 4 is 29.2 Å². The maximum atomic E-state index is 12.7. The average molecular weight is 477 g/mol. The number of aromatic nitrogens is 1. The van der Waals surface area contributed by atoms with Gasteiger partial charge in [-0.1, -0.05) is 6.92 Å². The van der Waals surface area contributed by atoms with Crippen molar-refractivity contribution in [2.45, 2.75) is 26.1 Å². The van der Waals surface area contributed by atoms with Gasteiger partial charge in [-0.15, -0.1) is 0 Å². The number of nitriles is 1. The Morgan fingerprint density at radius 1 is 1.20 bits per heavy atom. The third-order valence-corrected chi connectivity index (χ3v) is 6.57. The fourth-order valence-corrected chi connectivity index (χ4v) is 4.24. The number of guanidine groups is 1. The molecular weight excluding hydrogens is 444 g/mol. The number of pyridine rings is 1. The highest BCUT2D eigenvalue weighted by molar-refractivity contribution is 6.00. The highest BCUT2D eigenvalue weighted by Crippen LogP contribution is 2.26. The first kappa shape index (κ1) is 24.4. The highest BCUT2D eigenvalue weighted by Gasteiger charge is 2.33. The molecular formula is C25H32N8O2. The zero-order valence-corrected chi connectivity index (χ0v) is 20.2. The molecule has 2 aromatic rings. The Balaban J connectivity index is 1.44.